The third kappa shape index (κ3) is 2.49. The van der Waals surface area contributed by atoms with Crippen LogP contribution in [0.5, 0.6) is 0 Å². The maximum absolute atomic E-state index is 12.6. The Labute approximate surface area is 130 Å². The summed E-state index contributed by atoms with van der Waals surface area (Å²) in [6.45, 7) is 7.37. The Hall–Kier alpha value is -1.91. The topological polar surface area (TPSA) is 32.3 Å². The second-order valence-electron chi connectivity index (χ2n) is 6.59. The van der Waals surface area contributed by atoms with Crippen LogP contribution in [0.4, 0.5) is 5.69 Å². The van der Waals surface area contributed by atoms with Crippen molar-refractivity contribution in [3.05, 3.63) is 42.5 Å². The zero-order chi connectivity index (χ0) is 15.0. The first-order chi connectivity index (χ1) is 10.7. The Kier molecular flexibility index (Phi) is 3.36. The minimum atomic E-state index is 0.145. The lowest BCUT2D eigenvalue weighted by Gasteiger charge is -2.50. The molecule has 5 rings (SSSR count). The van der Waals surface area contributed by atoms with E-state index in [0.29, 0.717) is 6.54 Å². The van der Waals surface area contributed by atoms with E-state index in [0.717, 1.165) is 54.8 Å². The van der Waals surface area contributed by atoms with Gasteiger partial charge in [0.1, 0.15) is 0 Å². The van der Waals surface area contributed by atoms with Gasteiger partial charge < -0.3 is 9.80 Å². The molecule has 0 radical (unpaired) electrons. The van der Waals surface area contributed by atoms with E-state index in [1.165, 1.54) is 5.39 Å². The molecule has 3 fully saturated rings. The minimum Gasteiger partial charge on any atom is -0.321 e. The average Bonchev–Trinajstić information content (AvgIpc) is 2.56. The van der Waals surface area contributed by atoms with Crippen molar-refractivity contribution in [2.75, 3.05) is 51.1 Å². The van der Waals surface area contributed by atoms with E-state index < -0.39 is 0 Å². The maximum Gasteiger partial charge on any atom is 0.279 e. The lowest BCUT2D eigenvalue weighted by molar-refractivity contribution is -0.933. The molecule has 3 saturated heterocycles. The highest BCUT2D eigenvalue weighted by Gasteiger charge is 2.39. The van der Waals surface area contributed by atoms with Gasteiger partial charge in [-0.1, -0.05) is 36.4 Å². The molecule has 2 aromatic carbocycles. The molecule has 0 atom stereocenters. The Morgan fingerprint density at radius 2 is 1.68 bits per heavy atom. The van der Waals surface area contributed by atoms with Crippen LogP contribution in [-0.2, 0) is 4.79 Å². The quantitative estimate of drug-likeness (QED) is 0.878. The molecule has 0 aliphatic carbocycles. The number of quaternary nitrogens is 1. The Morgan fingerprint density at radius 1 is 1.00 bits per heavy atom. The van der Waals surface area contributed by atoms with Crippen molar-refractivity contribution in [1.82, 2.24) is 4.90 Å². The molecule has 0 spiro atoms. The predicted octanol–water partition coefficient (Wildman–Crippen LogP) is 1.92. The molecule has 0 aromatic heterocycles. The van der Waals surface area contributed by atoms with Gasteiger partial charge in [-0.2, -0.15) is 0 Å². The molecule has 3 aliphatic rings. The van der Waals surface area contributed by atoms with Gasteiger partial charge in [-0.3, -0.25) is 9.69 Å². The van der Waals surface area contributed by atoms with Gasteiger partial charge in [0, 0.05) is 30.7 Å². The summed E-state index contributed by atoms with van der Waals surface area (Å²) in [6, 6.07) is 14.3. The molecule has 114 valence electrons. The monoisotopic (exact) mass is 296 g/mol. The number of piperazine rings is 3. The summed E-state index contributed by atoms with van der Waals surface area (Å²) >= 11 is 0. The number of hydrogen-bond donors (Lipinski definition) is 1. The number of amides is 1. The number of hydrogen-bond acceptors (Lipinski definition) is 2. The molecule has 4 nitrogen and oxygen atoms in total. The minimum absolute atomic E-state index is 0.145. The summed E-state index contributed by atoms with van der Waals surface area (Å²) in [5, 5.41) is 5.42. The molecular weight excluding hydrogens is 274 g/mol. The number of nitrogens with zero attached hydrogens (tertiary/aromatic N) is 2. The van der Waals surface area contributed by atoms with Crippen LogP contribution in [0.3, 0.4) is 0 Å². The zero-order valence-corrected chi connectivity index (χ0v) is 12.8. The summed E-state index contributed by atoms with van der Waals surface area (Å²) in [5.74, 6) is 0.145. The van der Waals surface area contributed by atoms with Crippen LogP contribution in [0.15, 0.2) is 42.5 Å². The fraction of sp³-hybridized carbons (Fsp3) is 0.389. The summed E-state index contributed by atoms with van der Waals surface area (Å²) in [7, 11) is 0. The fourth-order valence-electron chi connectivity index (χ4n) is 3.80. The third-order valence-electron chi connectivity index (χ3n) is 5.21. The number of fused-ring (bicyclic) bond motifs is 4. The molecule has 0 unspecified atom stereocenters. The van der Waals surface area contributed by atoms with Gasteiger partial charge in [0.05, 0.1) is 19.6 Å². The molecule has 4 heteroatoms. The van der Waals surface area contributed by atoms with Gasteiger partial charge in [-0.25, -0.2) is 0 Å². The standard InChI is InChI=1S/C18H21N3O/c22-18(14-21-11-8-20(9-12-21)10-13-21)19-17-7-3-5-15-4-1-2-6-16(15)17/h1-7H,8-14H2/p+1. The van der Waals surface area contributed by atoms with Crippen LogP contribution in [0.1, 0.15) is 0 Å². The Balaban J connectivity index is 1.51. The largest absolute Gasteiger partial charge is 0.321 e. The van der Waals surface area contributed by atoms with E-state index in [-0.39, 0.29) is 5.91 Å². The molecule has 3 heterocycles. The maximum atomic E-state index is 12.6. The molecule has 2 bridgehead atoms. The van der Waals surface area contributed by atoms with Crippen molar-refractivity contribution in [2.45, 2.75) is 0 Å². The van der Waals surface area contributed by atoms with Gasteiger partial charge in [0.25, 0.3) is 5.91 Å². The first-order valence-electron chi connectivity index (χ1n) is 8.09. The average molecular weight is 296 g/mol. The first kappa shape index (κ1) is 13.7. The van der Waals surface area contributed by atoms with Crippen molar-refractivity contribution >= 4 is 22.4 Å². The second-order valence-corrected chi connectivity index (χ2v) is 6.59. The van der Waals surface area contributed by atoms with E-state index in [2.05, 4.69) is 28.4 Å². The summed E-state index contributed by atoms with van der Waals surface area (Å²) in [4.78, 5) is 15.1. The molecule has 1 N–H and O–H groups in total. The number of benzene rings is 2. The van der Waals surface area contributed by atoms with Crippen LogP contribution in [-0.4, -0.2) is 61.1 Å². The normalized spacial score (nSPS) is 27.0. The molecule has 1 amide bonds. The lowest BCUT2D eigenvalue weighted by Crippen LogP contribution is -2.68. The van der Waals surface area contributed by atoms with Gasteiger partial charge in [0.15, 0.2) is 6.54 Å². The van der Waals surface area contributed by atoms with E-state index in [4.69, 9.17) is 0 Å². The van der Waals surface area contributed by atoms with E-state index in [9.17, 15) is 4.79 Å². The Bertz CT molecular complexity index is 685. The SMILES string of the molecule is O=C(C[N+]12CCN(CC1)CC2)Nc1cccc2ccccc12. The molecule has 0 saturated carbocycles. The van der Waals surface area contributed by atoms with Crippen molar-refractivity contribution in [3.8, 4) is 0 Å². The zero-order valence-electron chi connectivity index (χ0n) is 12.8. The van der Waals surface area contributed by atoms with Crippen LogP contribution in [0.2, 0.25) is 0 Å². The van der Waals surface area contributed by atoms with Crippen LogP contribution < -0.4 is 5.32 Å². The number of carbonyl (C=O) groups excluding carboxylic acids is 1. The smallest absolute Gasteiger partial charge is 0.279 e. The molecule has 2 aromatic rings. The highest BCUT2D eigenvalue weighted by molar-refractivity contribution is 6.02. The van der Waals surface area contributed by atoms with Gasteiger partial charge >= 0.3 is 0 Å². The van der Waals surface area contributed by atoms with Crippen molar-refractivity contribution in [2.24, 2.45) is 0 Å². The molecule has 22 heavy (non-hydrogen) atoms. The second kappa shape index (κ2) is 5.38. The third-order valence-corrected chi connectivity index (χ3v) is 5.21. The number of nitrogens with one attached hydrogen (secondary N) is 1. The first-order valence-corrected chi connectivity index (χ1v) is 8.09. The number of rotatable bonds is 3. The van der Waals surface area contributed by atoms with Crippen LogP contribution >= 0.6 is 0 Å². The van der Waals surface area contributed by atoms with Crippen LogP contribution in [0.25, 0.3) is 10.8 Å². The highest BCUT2D eigenvalue weighted by atomic mass is 16.2. The fourth-order valence-corrected chi connectivity index (χ4v) is 3.80. The van der Waals surface area contributed by atoms with E-state index in [1.807, 2.05) is 24.3 Å². The van der Waals surface area contributed by atoms with E-state index >= 15 is 0 Å². The number of carbonyl (C=O) groups is 1. The van der Waals surface area contributed by atoms with E-state index in [1.54, 1.807) is 0 Å². The van der Waals surface area contributed by atoms with Crippen molar-refractivity contribution < 1.29 is 9.28 Å². The predicted molar refractivity (Wildman–Crippen MR) is 88.7 cm³/mol. The Morgan fingerprint density at radius 3 is 2.45 bits per heavy atom. The van der Waals surface area contributed by atoms with Crippen molar-refractivity contribution in [1.29, 1.82) is 0 Å². The summed E-state index contributed by atoms with van der Waals surface area (Å²) < 4.78 is 0.965. The van der Waals surface area contributed by atoms with Crippen molar-refractivity contribution in [3.63, 3.8) is 0 Å². The summed E-state index contributed by atoms with van der Waals surface area (Å²) in [5.41, 5.74) is 0.928. The van der Waals surface area contributed by atoms with Gasteiger partial charge in [-0.15, -0.1) is 0 Å². The highest BCUT2D eigenvalue weighted by Crippen LogP contribution is 2.24. The summed E-state index contributed by atoms with van der Waals surface area (Å²) in [6.07, 6.45) is 0. The van der Waals surface area contributed by atoms with Gasteiger partial charge in [0.2, 0.25) is 0 Å². The molecular formula is C18H22N3O+. The van der Waals surface area contributed by atoms with Gasteiger partial charge in [-0.05, 0) is 11.5 Å². The number of anilines is 1. The molecule has 3 aliphatic heterocycles. The lowest BCUT2D eigenvalue weighted by atomic mass is 10.1. The van der Waals surface area contributed by atoms with Crippen LogP contribution in [0, 0.1) is 0 Å².